The SMILES string of the molecule is Nc1ccc(Oc2c(Oc3ccc(N)cc3)c(N)c3ccccc3c2N)cc1. The van der Waals surface area contributed by atoms with Crippen LogP contribution >= 0.6 is 0 Å². The molecule has 0 aliphatic heterocycles. The van der Waals surface area contributed by atoms with Crippen molar-refractivity contribution in [3.8, 4) is 23.0 Å². The molecule has 0 bridgehead atoms. The van der Waals surface area contributed by atoms with Gasteiger partial charge in [0.15, 0.2) is 11.5 Å². The molecule has 6 nitrogen and oxygen atoms in total. The fraction of sp³-hybridized carbons (Fsp3) is 0. The number of fused-ring (bicyclic) bond motifs is 1. The molecule has 0 aliphatic rings. The van der Waals surface area contributed by atoms with Crippen molar-refractivity contribution in [1.82, 2.24) is 0 Å². The topological polar surface area (TPSA) is 123 Å². The maximum atomic E-state index is 6.44. The highest BCUT2D eigenvalue weighted by Gasteiger charge is 2.20. The second-order valence-electron chi connectivity index (χ2n) is 6.37. The summed E-state index contributed by atoms with van der Waals surface area (Å²) in [5, 5.41) is 1.57. The highest BCUT2D eigenvalue weighted by atomic mass is 16.5. The van der Waals surface area contributed by atoms with Crippen molar-refractivity contribution < 1.29 is 9.47 Å². The van der Waals surface area contributed by atoms with Gasteiger partial charge in [0.05, 0.1) is 11.4 Å². The minimum atomic E-state index is 0.345. The molecule has 0 saturated heterocycles. The molecular formula is C22H20N4O2. The predicted molar refractivity (Wildman–Crippen MR) is 115 cm³/mol. The summed E-state index contributed by atoms with van der Waals surface area (Å²) in [5.74, 6) is 1.83. The molecule has 0 amide bonds. The van der Waals surface area contributed by atoms with Crippen LogP contribution in [0.4, 0.5) is 22.7 Å². The van der Waals surface area contributed by atoms with Crippen LogP contribution in [0, 0.1) is 0 Å². The average molecular weight is 372 g/mol. The van der Waals surface area contributed by atoms with Crippen LogP contribution in [0.15, 0.2) is 72.8 Å². The molecule has 0 aliphatic carbocycles. The lowest BCUT2D eigenvalue weighted by Gasteiger charge is -2.19. The van der Waals surface area contributed by atoms with Gasteiger partial charge in [-0.2, -0.15) is 0 Å². The van der Waals surface area contributed by atoms with E-state index in [1.165, 1.54) is 0 Å². The number of hydrogen-bond acceptors (Lipinski definition) is 6. The molecule has 28 heavy (non-hydrogen) atoms. The number of anilines is 4. The Morgan fingerprint density at radius 2 is 0.821 bits per heavy atom. The highest BCUT2D eigenvalue weighted by Crippen LogP contribution is 2.48. The smallest absolute Gasteiger partial charge is 0.195 e. The molecule has 0 spiro atoms. The van der Waals surface area contributed by atoms with E-state index in [1.54, 1.807) is 48.5 Å². The third-order valence-corrected chi connectivity index (χ3v) is 4.40. The van der Waals surface area contributed by atoms with Crippen LogP contribution in [-0.2, 0) is 0 Å². The Hall–Kier alpha value is -4.06. The predicted octanol–water partition coefficient (Wildman–Crippen LogP) is 4.75. The van der Waals surface area contributed by atoms with E-state index in [0.717, 1.165) is 10.8 Å². The number of nitrogen functional groups attached to an aromatic ring is 4. The van der Waals surface area contributed by atoms with Gasteiger partial charge in [-0.1, -0.05) is 24.3 Å². The van der Waals surface area contributed by atoms with E-state index in [1.807, 2.05) is 24.3 Å². The maximum Gasteiger partial charge on any atom is 0.195 e. The van der Waals surface area contributed by atoms with Crippen LogP contribution < -0.4 is 32.4 Å². The zero-order valence-corrected chi connectivity index (χ0v) is 15.1. The summed E-state index contributed by atoms with van der Waals surface area (Å²) in [6.07, 6.45) is 0. The second kappa shape index (κ2) is 6.92. The summed E-state index contributed by atoms with van der Waals surface area (Å²) in [6, 6.07) is 21.6. The lowest BCUT2D eigenvalue weighted by Crippen LogP contribution is -2.02. The first-order chi connectivity index (χ1) is 13.5. The lowest BCUT2D eigenvalue weighted by atomic mass is 10.0. The van der Waals surface area contributed by atoms with Crippen LogP contribution in [-0.4, -0.2) is 0 Å². The van der Waals surface area contributed by atoms with Gasteiger partial charge < -0.3 is 32.4 Å². The highest BCUT2D eigenvalue weighted by molar-refractivity contribution is 6.06. The minimum absolute atomic E-state index is 0.345. The fourth-order valence-electron chi connectivity index (χ4n) is 2.95. The van der Waals surface area contributed by atoms with Gasteiger partial charge in [0.25, 0.3) is 0 Å². The molecule has 4 rings (SSSR count). The molecule has 0 saturated carbocycles. The maximum absolute atomic E-state index is 6.44. The van der Waals surface area contributed by atoms with Gasteiger partial charge in [0.2, 0.25) is 0 Å². The van der Waals surface area contributed by atoms with E-state index in [9.17, 15) is 0 Å². The largest absolute Gasteiger partial charge is 0.451 e. The summed E-state index contributed by atoms with van der Waals surface area (Å²) in [6.45, 7) is 0. The standard InChI is InChI=1S/C22H20N4O2/c23-13-5-9-15(10-6-13)27-21-19(25)17-3-1-2-4-18(17)20(26)22(21)28-16-11-7-14(24)8-12-16/h1-12H,23-26H2. The molecule has 0 aromatic heterocycles. The number of rotatable bonds is 4. The second-order valence-corrected chi connectivity index (χ2v) is 6.37. The molecule has 0 heterocycles. The van der Waals surface area contributed by atoms with Gasteiger partial charge in [0, 0.05) is 22.1 Å². The van der Waals surface area contributed by atoms with Gasteiger partial charge in [0.1, 0.15) is 11.5 Å². The fourth-order valence-corrected chi connectivity index (χ4v) is 2.95. The van der Waals surface area contributed by atoms with Gasteiger partial charge in [-0.15, -0.1) is 0 Å². The number of nitrogens with two attached hydrogens (primary N) is 4. The Morgan fingerprint density at radius 3 is 1.18 bits per heavy atom. The van der Waals surface area contributed by atoms with Gasteiger partial charge in [-0.3, -0.25) is 0 Å². The lowest BCUT2D eigenvalue weighted by molar-refractivity contribution is 0.423. The number of ether oxygens (including phenoxy) is 2. The molecule has 0 atom stereocenters. The molecule has 8 N–H and O–H groups in total. The third-order valence-electron chi connectivity index (χ3n) is 4.40. The van der Waals surface area contributed by atoms with E-state index in [2.05, 4.69) is 0 Å². The molecule has 0 radical (unpaired) electrons. The number of hydrogen-bond donors (Lipinski definition) is 4. The van der Waals surface area contributed by atoms with Crippen LogP contribution in [0.5, 0.6) is 23.0 Å². The molecular weight excluding hydrogens is 352 g/mol. The molecule has 0 fully saturated rings. The Bertz CT molecular complexity index is 1050. The van der Waals surface area contributed by atoms with Gasteiger partial charge >= 0.3 is 0 Å². The van der Waals surface area contributed by atoms with Crippen molar-refractivity contribution in [2.75, 3.05) is 22.9 Å². The normalized spacial score (nSPS) is 10.7. The first-order valence-electron chi connectivity index (χ1n) is 8.69. The van der Waals surface area contributed by atoms with E-state index in [4.69, 9.17) is 32.4 Å². The molecule has 4 aromatic carbocycles. The Morgan fingerprint density at radius 1 is 0.464 bits per heavy atom. The summed E-state index contributed by atoms with van der Waals surface area (Å²) in [7, 11) is 0. The summed E-state index contributed by atoms with van der Waals surface area (Å²) >= 11 is 0. The van der Waals surface area contributed by atoms with Gasteiger partial charge in [-0.05, 0) is 48.5 Å². The first-order valence-corrected chi connectivity index (χ1v) is 8.69. The quantitative estimate of drug-likeness (QED) is 0.383. The van der Waals surface area contributed by atoms with Crippen LogP contribution in [0.2, 0.25) is 0 Å². The van der Waals surface area contributed by atoms with E-state index in [0.29, 0.717) is 45.7 Å². The van der Waals surface area contributed by atoms with Crippen molar-refractivity contribution in [2.24, 2.45) is 0 Å². The Kier molecular flexibility index (Phi) is 4.29. The Balaban J connectivity index is 1.88. The van der Waals surface area contributed by atoms with E-state index in [-0.39, 0.29) is 0 Å². The van der Waals surface area contributed by atoms with Crippen LogP contribution in [0.3, 0.4) is 0 Å². The van der Waals surface area contributed by atoms with Crippen molar-refractivity contribution in [3.63, 3.8) is 0 Å². The molecule has 0 unspecified atom stereocenters. The molecule has 6 heteroatoms. The average Bonchev–Trinajstić information content (AvgIpc) is 2.71. The first kappa shape index (κ1) is 17.4. The monoisotopic (exact) mass is 372 g/mol. The summed E-state index contributed by atoms with van der Waals surface area (Å²) in [4.78, 5) is 0. The zero-order chi connectivity index (χ0) is 19.7. The minimum Gasteiger partial charge on any atom is -0.451 e. The van der Waals surface area contributed by atoms with Crippen molar-refractivity contribution >= 4 is 33.5 Å². The van der Waals surface area contributed by atoms with Crippen molar-refractivity contribution in [1.29, 1.82) is 0 Å². The number of benzene rings is 4. The molecule has 140 valence electrons. The van der Waals surface area contributed by atoms with Crippen LogP contribution in [0.1, 0.15) is 0 Å². The Labute approximate surface area is 162 Å². The van der Waals surface area contributed by atoms with E-state index >= 15 is 0 Å². The van der Waals surface area contributed by atoms with Crippen LogP contribution in [0.25, 0.3) is 10.8 Å². The summed E-state index contributed by atoms with van der Waals surface area (Å²) in [5.41, 5.74) is 26.5. The third kappa shape index (κ3) is 3.19. The van der Waals surface area contributed by atoms with Crippen molar-refractivity contribution in [3.05, 3.63) is 72.8 Å². The zero-order valence-electron chi connectivity index (χ0n) is 15.1. The van der Waals surface area contributed by atoms with Gasteiger partial charge in [-0.25, -0.2) is 0 Å². The van der Waals surface area contributed by atoms with Crippen molar-refractivity contribution in [2.45, 2.75) is 0 Å². The molecule has 4 aromatic rings. The van der Waals surface area contributed by atoms with E-state index < -0.39 is 0 Å². The summed E-state index contributed by atoms with van der Waals surface area (Å²) < 4.78 is 12.1.